The zero-order valence-corrected chi connectivity index (χ0v) is 14.6. The Morgan fingerprint density at radius 2 is 1.68 bits per heavy atom. The minimum Gasteiger partial charge on any atom is -0.309 e. The van der Waals surface area contributed by atoms with Gasteiger partial charge in [0.2, 0.25) is 0 Å². The van der Waals surface area contributed by atoms with Crippen molar-refractivity contribution in [3.8, 4) is 0 Å². The zero-order valence-electron chi connectivity index (χ0n) is 9.89. The molecule has 5 heteroatoms. The summed E-state index contributed by atoms with van der Waals surface area (Å²) in [5, 5.41) is 3.24. The highest BCUT2D eigenvalue weighted by Gasteiger charge is 2.03. The summed E-state index contributed by atoms with van der Waals surface area (Å²) in [6, 6.07) is 11.0. The van der Waals surface area contributed by atoms with E-state index in [0.717, 1.165) is 19.0 Å². The van der Waals surface area contributed by atoms with Crippen LogP contribution in [0.4, 0.5) is 4.39 Å². The van der Waals surface area contributed by atoms with Gasteiger partial charge in [-0.15, -0.1) is 0 Å². The van der Waals surface area contributed by atoms with Gasteiger partial charge in [-0.3, -0.25) is 0 Å². The average molecular weight is 452 g/mol. The van der Waals surface area contributed by atoms with Crippen LogP contribution in [0.1, 0.15) is 11.1 Å². The Hall–Kier alpha value is -0.230. The second-order valence-corrected chi connectivity index (χ2v) is 6.71. The predicted molar refractivity (Wildman–Crippen MR) is 86.5 cm³/mol. The third kappa shape index (κ3) is 4.38. The lowest BCUT2D eigenvalue weighted by molar-refractivity contribution is 0.587. The van der Waals surface area contributed by atoms with Crippen LogP contribution in [0.5, 0.6) is 0 Å². The van der Waals surface area contributed by atoms with Crippen molar-refractivity contribution >= 4 is 47.8 Å². The first-order valence-electron chi connectivity index (χ1n) is 5.65. The van der Waals surface area contributed by atoms with Crippen LogP contribution in [0, 0.1) is 5.82 Å². The molecule has 0 saturated heterocycles. The molecule has 0 bridgehead atoms. The molecule has 0 aliphatic rings. The summed E-state index contributed by atoms with van der Waals surface area (Å²) >= 11 is 10.2. The van der Waals surface area contributed by atoms with Crippen molar-refractivity contribution in [3.63, 3.8) is 0 Å². The molecule has 0 amide bonds. The predicted octanol–water partition coefficient (Wildman–Crippen LogP) is 5.40. The molecule has 0 aliphatic heterocycles. The Kier molecular flexibility index (Phi) is 5.57. The van der Waals surface area contributed by atoms with Crippen LogP contribution in [0.15, 0.2) is 49.8 Å². The molecule has 0 aromatic heterocycles. The van der Waals surface area contributed by atoms with E-state index < -0.39 is 0 Å². The second-order valence-electron chi connectivity index (χ2n) is 4.09. The number of hydrogen-bond acceptors (Lipinski definition) is 1. The van der Waals surface area contributed by atoms with Gasteiger partial charge < -0.3 is 5.32 Å². The Labute approximate surface area is 137 Å². The fourth-order valence-electron chi connectivity index (χ4n) is 1.67. The number of rotatable bonds is 4. The SMILES string of the molecule is Fc1ccc(Br)cc1CNCc1ccc(Br)c(Br)c1. The smallest absolute Gasteiger partial charge is 0.127 e. The summed E-state index contributed by atoms with van der Waals surface area (Å²) < 4.78 is 16.5. The van der Waals surface area contributed by atoms with Crippen LogP contribution < -0.4 is 5.32 Å². The molecule has 100 valence electrons. The molecule has 0 saturated carbocycles. The molecule has 2 rings (SSSR count). The molecule has 1 N–H and O–H groups in total. The molecule has 0 radical (unpaired) electrons. The van der Waals surface area contributed by atoms with Crippen molar-refractivity contribution in [3.05, 3.63) is 66.8 Å². The molecule has 0 aliphatic carbocycles. The normalized spacial score (nSPS) is 10.7. The maximum Gasteiger partial charge on any atom is 0.127 e. The number of hydrogen-bond donors (Lipinski definition) is 1. The Morgan fingerprint density at radius 3 is 2.42 bits per heavy atom. The lowest BCUT2D eigenvalue weighted by Gasteiger charge is -2.08. The minimum atomic E-state index is -0.187. The van der Waals surface area contributed by atoms with Crippen molar-refractivity contribution in [2.24, 2.45) is 0 Å². The van der Waals surface area contributed by atoms with Crippen LogP contribution >= 0.6 is 47.8 Å². The molecule has 2 aromatic carbocycles. The molecule has 2 aromatic rings. The lowest BCUT2D eigenvalue weighted by atomic mass is 10.2. The standard InChI is InChI=1S/C14H11Br3FN/c15-11-2-4-14(18)10(6-11)8-19-7-9-1-3-12(16)13(17)5-9/h1-6,19H,7-8H2. The fraction of sp³-hybridized carbons (Fsp3) is 0.143. The van der Waals surface area contributed by atoms with Gasteiger partial charge in [-0.1, -0.05) is 22.0 Å². The Morgan fingerprint density at radius 1 is 0.895 bits per heavy atom. The van der Waals surface area contributed by atoms with Crippen molar-refractivity contribution in [2.75, 3.05) is 0 Å². The van der Waals surface area contributed by atoms with Crippen LogP contribution in [-0.2, 0) is 13.1 Å². The van der Waals surface area contributed by atoms with Gasteiger partial charge in [-0.05, 0) is 67.8 Å². The highest BCUT2D eigenvalue weighted by molar-refractivity contribution is 9.13. The fourth-order valence-corrected chi connectivity index (χ4v) is 2.75. The van der Waals surface area contributed by atoms with Crippen LogP contribution in [0.3, 0.4) is 0 Å². The van der Waals surface area contributed by atoms with Crippen LogP contribution in [0.2, 0.25) is 0 Å². The summed E-state index contributed by atoms with van der Waals surface area (Å²) in [6.45, 7) is 1.19. The van der Waals surface area contributed by atoms with Gasteiger partial charge in [0.25, 0.3) is 0 Å². The number of halogens is 4. The van der Waals surface area contributed by atoms with E-state index in [1.807, 2.05) is 18.2 Å². The summed E-state index contributed by atoms with van der Waals surface area (Å²) in [5.41, 5.74) is 1.80. The molecule has 0 unspecified atom stereocenters. The Bertz CT molecular complexity index is 587. The molecule has 0 fully saturated rings. The zero-order chi connectivity index (χ0) is 13.8. The van der Waals surface area contributed by atoms with E-state index in [2.05, 4.69) is 53.1 Å². The summed E-state index contributed by atoms with van der Waals surface area (Å²) in [5.74, 6) is -0.187. The summed E-state index contributed by atoms with van der Waals surface area (Å²) in [7, 11) is 0. The van der Waals surface area contributed by atoms with E-state index in [0.29, 0.717) is 18.7 Å². The first-order valence-corrected chi connectivity index (χ1v) is 8.03. The largest absolute Gasteiger partial charge is 0.309 e. The molecular weight excluding hydrogens is 441 g/mol. The van der Waals surface area contributed by atoms with E-state index in [9.17, 15) is 4.39 Å². The van der Waals surface area contributed by atoms with E-state index in [4.69, 9.17) is 0 Å². The molecule has 0 atom stereocenters. The number of benzene rings is 2. The minimum absolute atomic E-state index is 0.187. The molecule has 0 heterocycles. The van der Waals surface area contributed by atoms with Crippen LogP contribution in [0.25, 0.3) is 0 Å². The van der Waals surface area contributed by atoms with E-state index in [-0.39, 0.29) is 5.82 Å². The first kappa shape index (κ1) is 15.2. The van der Waals surface area contributed by atoms with Gasteiger partial charge in [0.05, 0.1) is 0 Å². The van der Waals surface area contributed by atoms with E-state index in [1.54, 1.807) is 12.1 Å². The van der Waals surface area contributed by atoms with Gasteiger partial charge in [0.15, 0.2) is 0 Å². The molecule has 0 spiro atoms. The Balaban J connectivity index is 1.96. The maximum atomic E-state index is 13.5. The van der Waals surface area contributed by atoms with Crippen molar-refractivity contribution < 1.29 is 4.39 Å². The van der Waals surface area contributed by atoms with Gasteiger partial charge >= 0.3 is 0 Å². The summed E-state index contributed by atoms with van der Waals surface area (Å²) in [4.78, 5) is 0. The molecular formula is C14H11Br3FN. The second kappa shape index (κ2) is 6.97. The lowest BCUT2D eigenvalue weighted by Crippen LogP contribution is -2.13. The third-order valence-corrected chi connectivity index (χ3v) is 5.01. The monoisotopic (exact) mass is 449 g/mol. The molecule has 1 nitrogen and oxygen atoms in total. The maximum absolute atomic E-state index is 13.5. The van der Waals surface area contributed by atoms with Gasteiger partial charge in [-0.25, -0.2) is 4.39 Å². The third-order valence-electron chi connectivity index (χ3n) is 2.64. The highest BCUT2D eigenvalue weighted by Crippen LogP contribution is 2.23. The number of nitrogens with one attached hydrogen (secondary N) is 1. The quantitative estimate of drug-likeness (QED) is 0.656. The van der Waals surface area contributed by atoms with E-state index >= 15 is 0 Å². The van der Waals surface area contributed by atoms with Gasteiger partial charge in [-0.2, -0.15) is 0 Å². The van der Waals surface area contributed by atoms with E-state index in [1.165, 1.54) is 6.07 Å². The van der Waals surface area contributed by atoms with Crippen molar-refractivity contribution in [2.45, 2.75) is 13.1 Å². The van der Waals surface area contributed by atoms with Crippen molar-refractivity contribution in [1.29, 1.82) is 0 Å². The van der Waals surface area contributed by atoms with Crippen molar-refractivity contribution in [1.82, 2.24) is 5.32 Å². The average Bonchev–Trinajstić information content (AvgIpc) is 2.38. The molecule has 19 heavy (non-hydrogen) atoms. The topological polar surface area (TPSA) is 12.0 Å². The van der Waals surface area contributed by atoms with Gasteiger partial charge in [0, 0.05) is 32.1 Å². The highest BCUT2D eigenvalue weighted by atomic mass is 79.9. The van der Waals surface area contributed by atoms with Gasteiger partial charge in [0.1, 0.15) is 5.82 Å². The van der Waals surface area contributed by atoms with Crippen LogP contribution in [-0.4, -0.2) is 0 Å². The first-order chi connectivity index (χ1) is 9.06. The summed E-state index contributed by atoms with van der Waals surface area (Å²) in [6.07, 6.45) is 0.